The van der Waals surface area contributed by atoms with Crippen LogP contribution < -0.4 is 16.0 Å². The molecule has 1 aromatic carbocycles. The highest BCUT2D eigenvalue weighted by molar-refractivity contribution is 5.88. The molecule has 3 N–H and O–H groups in total. The van der Waals surface area contributed by atoms with Crippen molar-refractivity contribution >= 4 is 17.6 Å². The standard InChI is InChI=1S/C15H23N3O3/c1-11(10-21-3)17-15(20)16-9-8-13-4-6-14(7-5-13)18-12(2)19/h4-7,11H,8-10H2,1-3H3,(H,18,19)(H2,16,17,20). The third-order valence-corrected chi connectivity index (χ3v) is 2.77. The van der Waals surface area contributed by atoms with Crippen LogP contribution in [-0.2, 0) is 16.0 Å². The van der Waals surface area contributed by atoms with Gasteiger partial charge >= 0.3 is 6.03 Å². The molecule has 1 aromatic rings. The van der Waals surface area contributed by atoms with Gasteiger partial charge in [-0.15, -0.1) is 0 Å². The van der Waals surface area contributed by atoms with Crippen molar-refractivity contribution < 1.29 is 14.3 Å². The molecule has 0 aromatic heterocycles. The van der Waals surface area contributed by atoms with Crippen LogP contribution in [-0.4, -0.2) is 38.2 Å². The first kappa shape index (κ1) is 17.0. The van der Waals surface area contributed by atoms with Gasteiger partial charge in [0.15, 0.2) is 0 Å². The predicted molar refractivity (Wildman–Crippen MR) is 82.3 cm³/mol. The summed E-state index contributed by atoms with van der Waals surface area (Å²) in [4.78, 5) is 22.5. The van der Waals surface area contributed by atoms with Gasteiger partial charge in [0.05, 0.1) is 12.6 Å². The summed E-state index contributed by atoms with van der Waals surface area (Å²) in [5.41, 5.74) is 1.86. The third kappa shape index (κ3) is 7.31. The molecule has 0 saturated heterocycles. The predicted octanol–water partition coefficient (Wildman–Crippen LogP) is 1.52. The van der Waals surface area contributed by atoms with Crippen LogP contribution in [0, 0.1) is 0 Å². The van der Waals surface area contributed by atoms with E-state index in [-0.39, 0.29) is 18.0 Å². The van der Waals surface area contributed by atoms with Crippen molar-refractivity contribution in [3.63, 3.8) is 0 Å². The van der Waals surface area contributed by atoms with Gasteiger partial charge in [-0.25, -0.2) is 4.79 Å². The van der Waals surface area contributed by atoms with Crippen LogP contribution in [0.4, 0.5) is 10.5 Å². The van der Waals surface area contributed by atoms with Crippen molar-refractivity contribution in [1.29, 1.82) is 0 Å². The fraction of sp³-hybridized carbons (Fsp3) is 0.467. The van der Waals surface area contributed by atoms with Crippen LogP contribution in [0.25, 0.3) is 0 Å². The Kier molecular flexibility index (Phi) is 7.25. The minimum atomic E-state index is -0.200. The molecule has 21 heavy (non-hydrogen) atoms. The van der Waals surface area contributed by atoms with Crippen molar-refractivity contribution in [3.8, 4) is 0 Å². The maximum absolute atomic E-state index is 11.6. The summed E-state index contributed by atoms with van der Waals surface area (Å²) >= 11 is 0. The van der Waals surface area contributed by atoms with Gasteiger partial charge in [0, 0.05) is 26.3 Å². The summed E-state index contributed by atoms with van der Waals surface area (Å²) in [6.07, 6.45) is 0.729. The molecule has 1 unspecified atom stereocenters. The average Bonchev–Trinajstić information content (AvgIpc) is 2.40. The van der Waals surface area contributed by atoms with Crippen molar-refractivity contribution in [2.45, 2.75) is 26.3 Å². The van der Waals surface area contributed by atoms with E-state index in [0.29, 0.717) is 13.2 Å². The first-order chi connectivity index (χ1) is 10.0. The molecular formula is C15H23N3O3. The zero-order chi connectivity index (χ0) is 15.7. The van der Waals surface area contributed by atoms with Gasteiger partial charge in [-0.2, -0.15) is 0 Å². The van der Waals surface area contributed by atoms with Crippen LogP contribution in [0.1, 0.15) is 19.4 Å². The highest BCUT2D eigenvalue weighted by Crippen LogP contribution is 2.09. The van der Waals surface area contributed by atoms with E-state index in [1.807, 2.05) is 31.2 Å². The number of rotatable bonds is 7. The summed E-state index contributed by atoms with van der Waals surface area (Å²) in [5, 5.41) is 8.28. The van der Waals surface area contributed by atoms with Gasteiger partial charge in [-0.05, 0) is 31.0 Å². The number of urea groups is 1. The summed E-state index contributed by atoms with van der Waals surface area (Å²) in [7, 11) is 1.60. The minimum Gasteiger partial charge on any atom is -0.383 e. The van der Waals surface area contributed by atoms with Crippen LogP contribution in [0.5, 0.6) is 0 Å². The Morgan fingerprint density at radius 2 is 1.90 bits per heavy atom. The van der Waals surface area contributed by atoms with E-state index in [1.165, 1.54) is 6.92 Å². The number of carbonyl (C=O) groups excluding carboxylic acids is 2. The second-order valence-electron chi connectivity index (χ2n) is 4.88. The van der Waals surface area contributed by atoms with Gasteiger partial charge < -0.3 is 20.7 Å². The van der Waals surface area contributed by atoms with Gasteiger partial charge in [-0.3, -0.25) is 4.79 Å². The first-order valence-electron chi connectivity index (χ1n) is 6.91. The van der Waals surface area contributed by atoms with E-state index < -0.39 is 0 Å². The van der Waals surface area contributed by atoms with Gasteiger partial charge in [0.25, 0.3) is 0 Å². The lowest BCUT2D eigenvalue weighted by molar-refractivity contribution is -0.114. The van der Waals surface area contributed by atoms with Gasteiger partial charge in [0.2, 0.25) is 5.91 Å². The molecule has 1 atom stereocenters. The number of benzene rings is 1. The SMILES string of the molecule is COCC(C)NC(=O)NCCc1ccc(NC(C)=O)cc1. The van der Waals surface area contributed by atoms with E-state index in [2.05, 4.69) is 16.0 Å². The van der Waals surface area contributed by atoms with E-state index >= 15 is 0 Å². The van der Waals surface area contributed by atoms with Crippen molar-refractivity contribution in [2.24, 2.45) is 0 Å². The Morgan fingerprint density at radius 3 is 2.48 bits per heavy atom. The second kappa shape index (κ2) is 8.97. The van der Waals surface area contributed by atoms with E-state index in [0.717, 1.165) is 17.7 Å². The number of anilines is 1. The lowest BCUT2D eigenvalue weighted by Crippen LogP contribution is -2.43. The molecule has 0 fully saturated rings. The van der Waals surface area contributed by atoms with E-state index in [9.17, 15) is 9.59 Å². The molecule has 0 aliphatic rings. The molecule has 6 nitrogen and oxygen atoms in total. The maximum atomic E-state index is 11.6. The molecule has 3 amide bonds. The fourth-order valence-corrected chi connectivity index (χ4v) is 1.84. The smallest absolute Gasteiger partial charge is 0.315 e. The molecule has 0 bridgehead atoms. The first-order valence-corrected chi connectivity index (χ1v) is 6.91. The van der Waals surface area contributed by atoms with Crippen molar-refractivity contribution in [3.05, 3.63) is 29.8 Å². The maximum Gasteiger partial charge on any atom is 0.315 e. The lowest BCUT2D eigenvalue weighted by Gasteiger charge is -2.13. The number of carbonyl (C=O) groups is 2. The van der Waals surface area contributed by atoms with Crippen LogP contribution in [0.3, 0.4) is 0 Å². The number of hydrogen-bond donors (Lipinski definition) is 3. The number of ether oxygens (including phenoxy) is 1. The highest BCUT2D eigenvalue weighted by atomic mass is 16.5. The Bertz CT molecular complexity index is 460. The number of amides is 3. The molecule has 1 rings (SSSR count). The summed E-state index contributed by atoms with van der Waals surface area (Å²) < 4.78 is 4.94. The Labute approximate surface area is 125 Å². The lowest BCUT2D eigenvalue weighted by atomic mass is 10.1. The molecule has 0 saturated carbocycles. The number of hydrogen-bond acceptors (Lipinski definition) is 3. The topological polar surface area (TPSA) is 79.5 Å². The van der Waals surface area contributed by atoms with Crippen LogP contribution in [0.2, 0.25) is 0 Å². The zero-order valence-electron chi connectivity index (χ0n) is 12.7. The van der Waals surface area contributed by atoms with E-state index in [4.69, 9.17) is 4.74 Å². The van der Waals surface area contributed by atoms with Crippen LogP contribution in [0.15, 0.2) is 24.3 Å². The third-order valence-electron chi connectivity index (χ3n) is 2.77. The van der Waals surface area contributed by atoms with Crippen LogP contribution >= 0.6 is 0 Å². The Morgan fingerprint density at radius 1 is 1.24 bits per heavy atom. The highest BCUT2D eigenvalue weighted by Gasteiger charge is 2.05. The van der Waals surface area contributed by atoms with Crippen molar-refractivity contribution in [2.75, 3.05) is 25.6 Å². The summed E-state index contributed by atoms with van der Waals surface area (Å²) in [6.45, 7) is 4.38. The van der Waals surface area contributed by atoms with Crippen molar-refractivity contribution in [1.82, 2.24) is 10.6 Å². The molecular weight excluding hydrogens is 270 g/mol. The molecule has 0 aliphatic heterocycles. The molecule has 0 radical (unpaired) electrons. The van der Waals surface area contributed by atoms with E-state index in [1.54, 1.807) is 7.11 Å². The minimum absolute atomic E-state index is 0.0214. The molecule has 0 spiro atoms. The summed E-state index contributed by atoms with van der Waals surface area (Å²) in [6, 6.07) is 7.33. The zero-order valence-corrected chi connectivity index (χ0v) is 12.7. The molecule has 6 heteroatoms. The fourth-order valence-electron chi connectivity index (χ4n) is 1.84. The van der Waals surface area contributed by atoms with Gasteiger partial charge in [0.1, 0.15) is 0 Å². The molecule has 0 heterocycles. The monoisotopic (exact) mass is 293 g/mol. The number of methoxy groups -OCH3 is 1. The largest absolute Gasteiger partial charge is 0.383 e. The summed E-state index contributed by atoms with van der Waals surface area (Å²) in [5.74, 6) is -0.0914. The Balaban J connectivity index is 2.29. The second-order valence-corrected chi connectivity index (χ2v) is 4.88. The quantitative estimate of drug-likeness (QED) is 0.713. The molecule has 0 aliphatic carbocycles. The Hall–Kier alpha value is -2.08. The van der Waals surface area contributed by atoms with Gasteiger partial charge in [-0.1, -0.05) is 12.1 Å². The average molecular weight is 293 g/mol. The molecule has 116 valence electrons. The number of nitrogens with one attached hydrogen (secondary N) is 3. The normalized spacial score (nSPS) is 11.6.